The molecule has 0 bridgehead atoms. The number of hydrogen-bond donors (Lipinski definition) is 2. The fraction of sp³-hybridized carbons (Fsp3) is 0.514. The van der Waals surface area contributed by atoms with E-state index in [0.29, 0.717) is 51.6 Å². The number of nitrogens with zero attached hydrogens (tertiary/aromatic N) is 10. The Kier molecular flexibility index (Phi) is 15.9. The van der Waals surface area contributed by atoms with Gasteiger partial charge in [-0.2, -0.15) is 10.5 Å². The molecule has 2 N–H and O–H groups in total. The van der Waals surface area contributed by atoms with Crippen molar-refractivity contribution in [2.75, 3.05) is 50.3 Å². The van der Waals surface area contributed by atoms with Gasteiger partial charge in [0.05, 0.1) is 22.9 Å². The molecule has 2 aliphatic heterocycles. The van der Waals surface area contributed by atoms with Crippen LogP contribution in [0.5, 0.6) is 0 Å². The number of nitriles is 2. The van der Waals surface area contributed by atoms with Crippen LogP contribution in [0.3, 0.4) is 0 Å². The second kappa shape index (κ2) is 19.8. The van der Waals surface area contributed by atoms with Gasteiger partial charge in [-0.05, 0) is 50.7 Å². The molecule has 0 aliphatic carbocycles. The predicted molar refractivity (Wildman–Crippen MR) is 189 cm³/mol. The maximum absolute atomic E-state index is 12.4. The van der Waals surface area contributed by atoms with Crippen LogP contribution in [0.25, 0.3) is 22.1 Å². The molecule has 15 heteroatoms. The molecule has 2 saturated heterocycles. The van der Waals surface area contributed by atoms with Crippen LogP contribution in [0.4, 0.5) is 11.6 Å². The second-order valence-corrected chi connectivity index (χ2v) is 12.4. The number of aromatic amines is 2. The van der Waals surface area contributed by atoms with Crippen molar-refractivity contribution in [1.82, 2.24) is 39.9 Å². The van der Waals surface area contributed by atoms with Crippen molar-refractivity contribution >= 4 is 45.3 Å². The fourth-order valence-electron chi connectivity index (χ4n) is 6.58. The van der Waals surface area contributed by atoms with Crippen LogP contribution < -0.4 is 10.0 Å². The number of hydrazine groups is 2. The largest absolute Gasteiger partial charge is 0.358 e. The SMILES string of the molecule is CN(c1ncnc2[nH]ccc12)N1CCCC(C(=O)CCCC#N)C1.CN(c1ncnc2[nH]ccc12)N1CCCC(C(=O)CCCC#N)C1.[CH3-].[W]. The number of piperidine rings is 2. The molecule has 0 aromatic carbocycles. The van der Waals surface area contributed by atoms with Crippen LogP contribution in [-0.4, -0.2) is 91.8 Å². The number of aromatic nitrogens is 6. The average Bonchev–Trinajstić information content (AvgIpc) is 3.82. The monoisotopic (exact) mass is 851 g/mol. The summed E-state index contributed by atoms with van der Waals surface area (Å²) in [5.74, 6) is 2.33. The van der Waals surface area contributed by atoms with E-state index in [2.05, 4.69) is 52.1 Å². The summed E-state index contributed by atoms with van der Waals surface area (Å²) < 4.78 is 0. The number of Topliss-reactive ketones (excluding diaryl/α,β-unsaturated/α-hetero) is 2. The number of rotatable bonds is 12. The van der Waals surface area contributed by atoms with Crippen molar-refractivity contribution in [1.29, 1.82) is 10.5 Å². The van der Waals surface area contributed by atoms with Gasteiger partial charge in [0.2, 0.25) is 0 Å². The Morgan fingerprint density at radius 1 is 0.780 bits per heavy atom. The third-order valence-corrected chi connectivity index (χ3v) is 9.26. The molecule has 266 valence electrons. The number of fused-ring (bicyclic) bond motifs is 2. The van der Waals surface area contributed by atoms with Gasteiger partial charge < -0.3 is 17.4 Å². The van der Waals surface area contributed by atoms with Gasteiger partial charge in [-0.1, -0.05) is 0 Å². The molecule has 0 radical (unpaired) electrons. The molecular weight excluding hydrogens is 804 g/mol. The average molecular weight is 852 g/mol. The van der Waals surface area contributed by atoms with Crippen LogP contribution in [0.2, 0.25) is 0 Å². The van der Waals surface area contributed by atoms with Crippen molar-refractivity contribution in [2.45, 2.75) is 64.2 Å². The van der Waals surface area contributed by atoms with Crippen LogP contribution in [0.15, 0.2) is 37.2 Å². The van der Waals surface area contributed by atoms with E-state index in [-0.39, 0.29) is 51.9 Å². The summed E-state index contributed by atoms with van der Waals surface area (Å²) in [6.45, 7) is 3.23. The molecule has 2 fully saturated rings. The summed E-state index contributed by atoms with van der Waals surface area (Å²) in [6, 6.07) is 8.14. The zero-order valence-electron chi connectivity index (χ0n) is 29.2. The van der Waals surface area contributed by atoms with Gasteiger partial charge >= 0.3 is 0 Å². The molecule has 4 aromatic heterocycles. The number of ketones is 2. The molecule has 4 aromatic rings. The van der Waals surface area contributed by atoms with E-state index in [1.165, 1.54) is 0 Å². The molecule has 2 atom stereocenters. The Hall–Kier alpha value is -4.23. The van der Waals surface area contributed by atoms with Crippen molar-refractivity contribution in [3.05, 3.63) is 44.6 Å². The van der Waals surface area contributed by atoms with E-state index < -0.39 is 0 Å². The molecule has 6 rings (SSSR count). The molecule has 50 heavy (non-hydrogen) atoms. The van der Waals surface area contributed by atoms with Crippen molar-refractivity contribution < 1.29 is 30.7 Å². The number of carbonyl (C=O) groups excluding carboxylic acids is 2. The Labute approximate surface area is 308 Å². The zero-order valence-corrected chi connectivity index (χ0v) is 32.1. The minimum Gasteiger partial charge on any atom is -0.358 e. The molecule has 0 saturated carbocycles. The van der Waals surface area contributed by atoms with E-state index in [0.717, 1.165) is 72.5 Å². The van der Waals surface area contributed by atoms with Crippen LogP contribution in [0.1, 0.15) is 64.2 Å². The number of carbonyl (C=O) groups is 2. The van der Waals surface area contributed by atoms with Crippen LogP contribution in [-0.2, 0) is 30.7 Å². The third kappa shape index (κ3) is 9.93. The number of hydrogen-bond acceptors (Lipinski definition) is 12. The van der Waals surface area contributed by atoms with E-state index in [1.807, 2.05) is 48.6 Å². The van der Waals surface area contributed by atoms with E-state index in [9.17, 15) is 9.59 Å². The number of unbranched alkanes of at least 4 members (excludes halogenated alkanes) is 2. The van der Waals surface area contributed by atoms with Crippen molar-refractivity contribution in [3.8, 4) is 12.1 Å². The Morgan fingerprint density at radius 3 is 1.60 bits per heavy atom. The van der Waals surface area contributed by atoms with Gasteiger partial charge in [0, 0.05) is 111 Å². The molecule has 14 nitrogen and oxygen atoms in total. The first kappa shape index (κ1) is 40.2. The minimum absolute atomic E-state index is 0. The number of nitrogens with one attached hydrogen (secondary N) is 2. The quantitative estimate of drug-likeness (QED) is 0.144. The summed E-state index contributed by atoms with van der Waals surface area (Å²) in [6.07, 6.45) is 13.9. The molecule has 0 spiro atoms. The van der Waals surface area contributed by atoms with Crippen molar-refractivity contribution in [3.63, 3.8) is 0 Å². The van der Waals surface area contributed by atoms with Gasteiger partial charge in [0.1, 0.15) is 35.5 Å². The molecular formula is C35H47N12O2W-. The van der Waals surface area contributed by atoms with E-state index in [4.69, 9.17) is 10.5 Å². The first-order valence-corrected chi connectivity index (χ1v) is 16.7. The molecule has 0 amide bonds. The summed E-state index contributed by atoms with van der Waals surface area (Å²) in [5, 5.41) is 27.6. The van der Waals surface area contributed by atoms with Crippen LogP contribution >= 0.6 is 0 Å². The first-order chi connectivity index (χ1) is 23.4. The normalized spacial score (nSPS) is 17.7. The Balaban J connectivity index is 0.000000260. The minimum atomic E-state index is 0. The smallest absolute Gasteiger partial charge is 0.155 e. The summed E-state index contributed by atoms with van der Waals surface area (Å²) >= 11 is 0. The van der Waals surface area contributed by atoms with Gasteiger partial charge in [-0.25, -0.2) is 30.0 Å². The second-order valence-electron chi connectivity index (χ2n) is 12.4. The summed E-state index contributed by atoms with van der Waals surface area (Å²) in [5.41, 5.74) is 1.63. The van der Waals surface area contributed by atoms with Gasteiger partial charge in [-0.3, -0.25) is 19.6 Å². The summed E-state index contributed by atoms with van der Waals surface area (Å²) in [4.78, 5) is 48.2. The van der Waals surface area contributed by atoms with Gasteiger partial charge in [0.25, 0.3) is 0 Å². The molecule has 6 heterocycles. The van der Waals surface area contributed by atoms with Crippen LogP contribution in [0, 0.1) is 41.9 Å². The molecule has 2 unspecified atom stereocenters. The topological polar surface area (TPSA) is 178 Å². The number of H-pyrrole nitrogens is 2. The third-order valence-electron chi connectivity index (χ3n) is 9.26. The predicted octanol–water partition coefficient (Wildman–Crippen LogP) is 5.02. The zero-order chi connectivity index (χ0) is 33.9. The Morgan fingerprint density at radius 2 is 1.20 bits per heavy atom. The maximum atomic E-state index is 12.4. The number of anilines is 2. The van der Waals surface area contributed by atoms with E-state index in [1.54, 1.807) is 12.7 Å². The maximum Gasteiger partial charge on any atom is 0.155 e. The standard InChI is InChI=1S/2C17H22N6O.CH3.W/c2*1-22(17-14-7-9-19-16(14)20-12-21-17)23-10-4-5-13(11-23)15(24)6-2-3-8-18;;/h2*7,9,12-13H,2-6,10-11H2,1H3,(H,19,20,21);1H3;/q;;-1;. The molecule has 2 aliphatic rings. The fourth-order valence-corrected chi connectivity index (χ4v) is 6.58. The summed E-state index contributed by atoms with van der Waals surface area (Å²) in [7, 11) is 3.97. The van der Waals surface area contributed by atoms with E-state index >= 15 is 0 Å². The van der Waals surface area contributed by atoms with Crippen molar-refractivity contribution in [2.24, 2.45) is 11.8 Å². The first-order valence-electron chi connectivity index (χ1n) is 16.7. The van der Waals surface area contributed by atoms with Gasteiger partial charge in [-0.15, -0.1) is 0 Å². The van der Waals surface area contributed by atoms with Gasteiger partial charge in [0.15, 0.2) is 11.6 Å². The Bertz CT molecular complexity index is 1630.